The van der Waals surface area contributed by atoms with Gasteiger partial charge < -0.3 is 32.7 Å². The number of non-ortho nitro benzene ring substituents is 1. The van der Waals surface area contributed by atoms with E-state index in [9.17, 15) is 32.9 Å². The second-order valence-electron chi connectivity index (χ2n) is 9.26. The highest BCUT2D eigenvalue weighted by molar-refractivity contribution is 7.92. The molecule has 0 radical (unpaired) electrons. The Bertz CT molecular complexity index is 1180. The number of nitrogens with two attached hydrogens (primary N) is 3. The van der Waals surface area contributed by atoms with Crippen LogP contribution in [0.25, 0.3) is 0 Å². The zero-order valence-electron chi connectivity index (χ0n) is 21.8. The molecule has 0 heterocycles. The predicted octanol–water partition coefficient (Wildman–Crippen LogP) is -0.436. The molecule has 0 aromatic heterocycles. The fourth-order valence-corrected chi connectivity index (χ4v) is 6.18. The van der Waals surface area contributed by atoms with Crippen LogP contribution in [0.5, 0.6) is 0 Å². The van der Waals surface area contributed by atoms with Crippen LogP contribution in [0.15, 0.2) is 29.3 Å². The minimum Gasteiger partial charge on any atom is -0.370 e. The van der Waals surface area contributed by atoms with Crippen LogP contribution in [0.1, 0.15) is 44.9 Å². The van der Waals surface area contributed by atoms with Gasteiger partial charge in [0.1, 0.15) is 0 Å². The third kappa shape index (κ3) is 8.10. The summed E-state index contributed by atoms with van der Waals surface area (Å²) in [5.41, 5.74) is 16.0. The second kappa shape index (κ2) is 13.8. The lowest BCUT2D eigenvalue weighted by Crippen LogP contribution is -2.67. The van der Waals surface area contributed by atoms with Crippen molar-refractivity contribution in [2.24, 2.45) is 22.2 Å². The van der Waals surface area contributed by atoms with Crippen LogP contribution >= 0.6 is 0 Å². The molecule has 1 saturated carbocycles. The zero-order chi connectivity index (χ0) is 29.2. The number of sulfone groups is 1. The Morgan fingerprint density at radius 1 is 1.15 bits per heavy atom. The van der Waals surface area contributed by atoms with E-state index in [1.54, 1.807) is 0 Å². The molecule has 0 spiro atoms. The Morgan fingerprint density at radius 3 is 2.28 bits per heavy atom. The number of rotatable bonds is 13. The Balaban J connectivity index is 2.63. The largest absolute Gasteiger partial charge is 0.370 e. The van der Waals surface area contributed by atoms with Crippen molar-refractivity contribution < 1.29 is 27.7 Å². The Kier molecular flexibility index (Phi) is 11.2. The molecule has 15 nitrogen and oxygen atoms in total. The maximum Gasteiger partial charge on any atom is 0.269 e. The molecule has 1 aromatic carbocycles. The Hall–Kier alpha value is -3.79. The van der Waals surface area contributed by atoms with Crippen molar-refractivity contribution in [2.45, 2.75) is 55.9 Å². The van der Waals surface area contributed by atoms with Crippen LogP contribution in [0.3, 0.4) is 0 Å². The molecule has 1 aliphatic carbocycles. The van der Waals surface area contributed by atoms with Gasteiger partial charge in [-0.2, -0.15) is 0 Å². The number of anilines is 1. The van der Waals surface area contributed by atoms with E-state index in [0.717, 1.165) is 29.7 Å². The van der Waals surface area contributed by atoms with Crippen molar-refractivity contribution in [2.75, 3.05) is 31.2 Å². The third-order valence-corrected chi connectivity index (χ3v) is 8.31. The molecule has 0 aliphatic heterocycles. The summed E-state index contributed by atoms with van der Waals surface area (Å²) in [5, 5.41) is 15.9. The first-order valence-electron chi connectivity index (χ1n) is 12.4. The number of nitrogens with one attached hydrogen (secondary N) is 2. The lowest BCUT2D eigenvalue weighted by Gasteiger charge is -2.46. The van der Waals surface area contributed by atoms with E-state index >= 15 is 0 Å². The summed E-state index contributed by atoms with van der Waals surface area (Å²) in [7, 11) is -4.37. The molecule has 0 saturated heterocycles. The van der Waals surface area contributed by atoms with Gasteiger partial charge in [-0.1, -0.05) is 19.3 Å². The van der Waals surface area contributed by atoms with Gasteiger partial charge in [-0.3, -0.25) is 29.5 Å². The average molecular weight is 569 g/mol. The van der Waals surface area contributed by atoms with Crippen molar-refractivity contribution in [1.29, 1.82) is 0 Å². The van der Waals surface area contributed by atoms with Gasteiger partial charge in [0.15, 0.2) is 15.8 Å². The minimum absolute atomic E-state index is 0.0129. The molecule has 1 aromatic rings. The molecule has 39 heavy (non-hydrogen) atoms. The van der Waals surface area contributed by atoms with E-state index in [0.29, 0.717) is 25.7 Å². The standard InChI is InChI=1S/C23H36N8O7S/c1-39(37,38)23(12-5-13-27-22(25)26,21(34)29-16-8-10-18(11-9-16)31(35)36)30(17-6-3-2-4-7-17)20(33)15-28-19(32)14-24/h8-11,17H,2-7,12-15,24H2,1H3,(H,28,32)(H,29,34)(H4,25,26,27)/t23-/m1/s1. The maximum atomic E-state index is 14.0. The Morgan fingerprint density at radius 2 is 1.77 bits per heavy atom. The highest BCUT2D eigenvalue weighted by Crippen LogP contribution is 2.36. The minimum atomic E-state index is -4.37. The summed E-state index contributed by atoms with van der Waals surface area (Å²) < 4.78 is 27.2. The number of amides is 3. The highest BCUT2D eigenvalue weighted by Gasteiger charge is 2.56. The van der Waals surface area contributed by atoms with E-state index in [-0.39, 0.29) is 43.3 Å². The summed E-state index contributed by atoms with van der Waals surface area (Å²) in [6.07, 6.45) is 3.74. The first-order chi connectivity index (χ1) is 18.3. The van der Waals surface area contributed by atoms with Gasteiger partial charge in [0.2, 0.25) is 16.7 Å². The number of nitro groups is 1. The number of hydrogen-bond donors (Lipinski definition) is 5. The summed E-state index contributed by atoms with van der Waals surface area (Å²) in [4.78, 5) is 52.4. The molecule has 3 amide bonds. The average Bonchev–Trinajstić information content (AvgIpc) is 2.88. The van der Waals surface area contributed by atoms with E-state index < -0.39 is 49.9 Å². The van der Waals surface area contributed by atoms with E-state index in [1.807, 2.05) is 0 Å². The van der Waals surface area contributed by atoms with Gasteiger partial charge in [0, 0.05) is 36.7 Å². The SMILES string of the molecule is CS(=O)(=O)[C@](CCCN=C(N)N)(C(=O)Nc1ccc([N+](=O)[O-])cc1)N(C(=O)CNC(=O)CN)C1CCCCC1. The van der Waals surface area contributed by atoms with Crippen molar-refractivity contribution in [1.82, 2.24) is 10.2 Å². The topological polar surface area (TPSA) is 246 Å². The quantitative estimate of drug-likeness (QED) is 0.0675. The van der Waals surface area contributed by atoms with Crippen LogP contribution < -0.4 is 27.8 Å². The number of aliphatic imine (C=N–C) groups is 1. The first-order valence-corrected chi connectivity index (χ1v) is 14.3. The van der Waals surface area contributed by atoms with Crippen LogP contribution in [0, 0.1) is 10.1 Å². The first kappa shape index (κ1) is 31.4. The number of carbonyl (C=O) groups is 3. The van der Waals surface area contributed by atoms with Crippen molar-refractivity contribution in [3.63, 3.8) is 0 Å². The van der Waals surface area contributed by atoms with Crippen molar-refractivity contribution in [3.05, 3.63) is 34.4 Å². The molecule has 1 aliphatic rings. The van der Waals surface area contributed by atoms with Gasteiger partial charge in [-0.15, -0.1) is 0 Å². The van der Waals surface area contributed by atoms with Crippen molar-refractivity contribution in [3.8, 4) is 0 Å². The predicted molar refractivity (Wildman–Crippen MR) is 145 cm³/mol. The summed E-state index contributed by atoms with van der Waals surface area (Å²) in [6, 6.07) is 4.22. The van der Waals surface area contributed by atoms with E-state index in [4.69, 9.17) is 17.2 Å². The molecular formula is C23H36N8O7S. The second-order valence-corrected chi connectivity index (χ2v) is 11.5. The summed E-state index contributed by atoms with van der Waals surface area (Å²) in [6.45, 7) is -0.962. The molecule has 0 bridgehead atoms. The van der Waals surface area contributed by atoms with Crippen LogP contribution in [-0.4, -0.2) is 78.7 Å². The fourth-order valence-electron chi connectivity index (χ4n) is 4.67. The van der Waals surface area contributed by atoms with E-state index in [2.05, 4.69) is 15.6 Å². The number of nitro benzene ring substituents is 1. The molecule has 2 rings (SSSR count). The van der Waals surface area contributed by atoms with Gasteiger partial charge in [0.05, 0.1) is 18.0 Å². The fraction of sp³-hybridized carbons (Fsp3) is 0.565. The number of hydrogen-bond acceptors (Lipinski definition) is 9. The number of guanidine groups is 1. The van der Waals surface area contributed by atoms with Gasteiger partial charge in [-0.05, 0) is 37.8 Å². The number of carbonyl (C=O) groups excluding carboxylic acids is 3. The summed E-state index contributed by atoms with van der Waals surface area (Å²) in [5.74, 6) is -2.64. The van der Waals surface area contributed by atoms with Crippen LogP contribution in [0.2, 0.25) is 0 Å². The lowest BCUT2D eigenvalue weighted by molar-refractivity contribution is -0.384. The third-order valence-electron chi connectivity index (χ3n) is 6.49. The zero-order valence-corrected chi connectivity index (χ0v) is 22.6. The van der Waals surface area contributed by atoms with E-state index in [1.165, 1.54) is 12.1 Å². The normalized spacial score (nSPS) is 15.4. The molecule has 1 atom stereocenters. The van der Waals surface area contributed by atoms with Crippen LogP contribution in [0.4, 0.5) is 11.4 Å². The molecule has 8 N–H and O–H groups in total. The summed E-state index contributed by atoms with van der Waals surface area (Å²) >= 11 is 0. The number of nitrogens with zero attached hydrogens (tertiary/aromatic N) is 3. The molecule has 0 unspecified atom stereocenters. The molecule has 16 heteroatoms. The highest BCUT2D eigenvalue weighted by atomic mass is 32.2. The van der Waals surface area contributed by atoms with Crippen molar-refractivity contribution >= 4 is 44.9 Å². The maximum absolute atomic E-state index is 14.0. The molecule has 216 valence electrons. The molecular weight excluding hydrogens is 532 g/mol. The monoisotopic (exact) mass is 568 g/mol. The van der Waals surface area contributed by atoms with Gasteiger partial charge in [-0.25, -0.2) is 8.42 Å². The molecule has 1 fully saturated rings. The van der Waals surface area contributed by atoms with Gasteiger partial charge in [0.25, 0.3) is 11.6 Å². The smallest absolute Gasteiger partial charge is 0.269 e. The Labute approximate surface area is 226 Å². The van der Waals surface area contributed by atoms with Gasteiger partial charge >= 0.3 is 0 Å². The number of benzene rings is 1. The lowest BCUT2D eigenvalue weighted by atomic mass is 9.91. The van der Waals surface area contributed by atoms with Crippen LogP contribution in [-0.2, 0) is 24.2 Å².